The molecular weight excluding hydrogens is 443 g/mol. The number of rotatable bonds is 5. The lowest BCUT2D eigenvalue weighted by Gasteiger charge is -2.20. The normalized spacial score (nSPS) is 17.6. The summed E-state index contributed by atoms with van der Waals surface area (Å²) in [6.45, 7) is 1.87. The number of anilines is 2. The molecule has 1 N–H and O–H groups in total. The maximum Gasteiger partial charge on any atom is 0.416 e. The first-order valence-electron chi connectivity index (χ1n) is 11.3. The van der Waals surface area contributed by atoms with Crippen molar-refractivity contribution in [2.75, 3.05) is 24.7 Å². The molecule has 0 saturated carbocycles. The van der Waals surface area contributed by atoms with Gasteiger partial charge in [-0.2, -0.15) is 13.2 Å². The van der Waals surface area contributed by atoms with E-state index in [9.17, 15) is 18.0 Å². The van der Waals surface area contributed by atoms with Crippen LogP contribution in [-0.2, 0) is 23.8 Å². The van der Waals surface area contributed by atoms with Gasteiger partial charge in [0.15, 0.2) is 0 Å². The molecule has 0 spiro atoms. The molecule has 2 aliphatic heterocycles. The number of amides is 1. The number of nitrogens with one attached hydrogen (secondary N) is 1. The minimum atomic E-state index is -4.37. The van der Waals surface area contributed by atoms with Crippen molar-refractivity contribution in [1.82, 2.24) is 10.3 Å². The second-order valence-corrected chi connectivity index (χ2v) is 8.64. The molecule has 2 aromatic carbocycles. The first-order valence-corrected chi connectivity index (χ1v) is 11.3. The predicted molar refractivity (Wildman–Crippen MR) is 122 cm³/mol. The highest BCUT2D eigenvalue weighted by molar-refractivity contribution is 5.98. The summed E-state index contributed by atoms with van der Waals surface area (Å²) >= 11 is 0. The van der Waals surface area contributed by atoms with Crippen LogP contribution in [0, 0.1) is 0 Å². The number of hydrogen-bond acceptors (Lipinski definition) is 4. The number of aromatic nitrogens is 1. The van der Waals surface area contributed by atoms with Crippen molar-refractivity contribution < 1.29 is 22.7 Å². The summed E-state index contributed by atoms with van der Waals surface area (Å²) in [4.78, 5) is 19.4. The topological polar surface area (TPSA) is 54.5 Å². The molecule has 34 heavy (non-hydrogen) atoms. The summed E-state index contributed by atoms with van der Waals surface area (Å²) in [6, 6.07) is 14.8. The van der Waals surface area contributed by atoms with E-state index in [2.05, 4.69) is 15.2 Å². The highest BCUT2D eigenvalue weighted by Gasteiger charge is 2.30. The van der Waals surface area contributed by atoms with E-state index >= 15 is 0 Å². The Balaban J connectivity index is 1.37. The van der Waals surface area contributed by atoms with E-state index in [4.69, 9.17) is 4.74 Å². The molecule has 1 fully saturated rings. The predicted octanol–water partition coefficient (Wildman–Crippen LogP) is 4.90. The van der Waals surface area contributed by atoms with Crippen LogP contribution in [0.2, 0.25) is 0 Å². The van der Waals surface area contributed by atoms with Crippen LogP contribution in [0.5, 0.6) is 0 Å². The number of ether oxygens (including phenoxy) is 1. The minimum absolute atomic E-state index is 0.0371. The fourth-order valence-corrected chi connectivity index (χ4v) is 4.61. The molecule has 3 heterocycles. The Labute approximate surface area is 195 Å². The smallest absolute Gasteiger partial charge is 0.379 e. The standard InChI is InChI=1S/C26H24F3N3O2/c27-26(28,29)19-4-1-3-17(14-19)13-18-7-10-30-24(15-18)32-11-8-21-22(5-2-6-23(21)32)25(33)31-20-9-12-34-16-20/h1-7,10,14-15,20H,8-9,11-13,16H2,(H,31,33). The van der Waals surface area contributed by atoms with Crippen molar-refractivity contribution in [2.24, 2.45) is 0 Å². The first-order chi connectivity index (χ1) is 16.4. The monoisotopic (exact) mass is 467 g/mol. The van der Waals surface area contributed by atoms with Crippen molar-refractivity contribution >= 4 is 17.4 Å². The van der Waals surface area contributed by atoms with Crippen LogP contribution in [-0.4, -0.2) is 36.7 Å². The molecule has 8 heteroatoms. The lowest BCUT2D eigenvalue weighted by Crippen LogP contribution is -2.35. The van der Waals surface area contributed by atoms with Crippen LogP contribution in [0.1, 0.15) is 39.0 Å². The number of hydrogen-bond donors (Lipinski definition) is 1. The van der Waals surface area contributed by atoms with Crippen molar-refractivity contribution in [1.29, 1.82) is 0 Å². The maximum absolute atomic E-state index is 13.1. The van der Waals surface area contributed by atoms with E-state index in [-0.39, 0.29) is 11.9 Å². The zero-order valence-electron chi connectivity index (χ0n) is 18.4. The molecule has 1 amide bonds. The minimum Gasteiger partial charge on any atom is -0.379 e. The molecule has 5 nitrogen and oxygen atoms in total. The van der Waals surface area contributed by atoms with Gasteiger partial charge in [-0.15, -0.1) is 0 Å². The van der Waals surface area contributed by atoms with Crippen molar-refractivity contribution in [2.45, 2.75) is 31.5 Å². The van der Waals surface area contributed by atoms with Crippen LogP contribution in [0.15, 0.2) is 60.8 Å². The third-order valence-corrected chi connectivity index (χ3v) is 6.29. The largest absolute Gasteiger partial charge is 0.416 e. The highest BCUT2D eigenvalue weighted by Crippen LogP contribution is 2.36. The lowest BCUT2D eigenvalue weighted by atomic mass is 10.0. The molecule has 176 valence electrons. The number of fused-ring (bicyclic) bond motifs is 1. The number of nitrogens with zero attached hydrogens (tertiary/aromatic N) is 2. The molecule has 3 aromatic rings. The SMILES string of the molecule is O=C(NC1CCOC1)c1cccc2c1CCN2c1cc(Cc2cccc(C(F)(F)F)c2)ccn1. The molecule has 0 aliphatic carbocycles. The molecule has 0 radical (unpaired) electrons. The average molecular weight is 467 g/mol. The van der Waals surface area contributed by atoms with E-state index < -0.39 is 11.7 Å². The van der Waals surface area contributed by atoms with Crippen LogP contribution in [0.3, 0.4) is 0 Å². The van der Waals surface area contributed by atoms with Gasteiger partial charge in [0.25, 0.3) is 5.91 Å². The lowest BCUT2D eigenvalue weighted by molar-refractivity contribution is -0.137. The van der Waals surface area contributed by atoms with Gasteiger partial charge in [0.2, 0.25) is 0 Å². The Morgan fingerprint density at radius 1 is 1.12 bits per heavy atom. The van der Waals surface area contributed by atoms with Gasteiger partial charge in [0.05, 0.1) is 18.2 Å². The van der Waals surface area contributed by atoms with Gasteiger partial charge < -0.3 is 15.0 Å². The van der Waals surface area contributed by atoms with Gasteiger partial charge in [-0.25, -0.2) is 4.98 Å². The van der Waals surface area contributed by atoms with E-state index in [1.165, 1.54) is 12.1 Å². The van der Waals surface area contributed by atoms with Crippen LogP contribution >= 0.6 is 0 Å². The van der Waals surface area contributed by atoms with Crippen molar-refractivity contribution in [3.05, 3.63) is 88.6 Å². The molecule has 5 rings (SSSR count). The molecule has 2 aliphatic rings. The van der Waals surface area contributed by atoms with Gasteiger partial charge in [-0.3, -0.25) is 4.79 Å². The zero-order valence-corrected chi connectivity index (χ0v) is 18.4. The van der Waals surface area contributed by atoms with E-state index in [0.717, 1.165) is 29.3 Å². The van der Waals surface area contributed by atoms with E-state index in [1.54, 1.807) is 12.3 Å². The summed E-state index contributed by atoms with van der Waals surface area (Å²) < 4.78 is 44.6. The number of carbonyl (C=O) groups excluding carboxylic acids is 1. The van der Waals surface area contributed by atoms with Gasteiger partial charge in [-0.1, -0.05) is 24.3 Å². The molecule has 1 aromatic heterocycles. The van der Waals surface area contributed by atoms with Gasteiger partial charge in [-0.05, 0) is 66.3 Å². The summed E-state index contributed by atoms with van der Waals surface area (Å²) in [5, 5.41) is 3.05. The Bertz CT molecular complexity index is 1210. The summed E-state index contributed by atoms with van der Waals surface area (Å²) in [6.07, 6.45) is -0.804. The third kappa shape index (κ3) is 4.63. The fraction of sp³-hybridized carbons (Fsp3) is 0.308. The summed E-state index contributed by atoms with van der Waals surface area (Å²) in [7, 11) is 0. The molecule has 1 saturated heterocycles. The van der Waals surface area contributed by atoms with Crippen LogP contribution in [0.4, 0.5) is 24.7 Å². The molecule has 1 atom stereocenters. The number of halogens is 3. The second kappa shape index (κ2) is 9.10. The second-order valence-electron chi connectivity index (χ2n) is 8.64. The zero-order chi connectivity index (χ0) is 23.7. The number of pyridine rings is 1. The number of alkyl halides is 3. The quantitative estimate of drug-likeness (QED) is 0.580. The Kier molecular flexibility index (Phi) is 6.00. The summed E-state index contributed by atoms with van der Waals surface area (Å²) in [5.74, 6) is 0.616. The van der Waals surface area contributed by atoms with Crippen LogP contribution < -0.4 is 10.2 Å². The van der Waals surface area contributed by atoms with Gasteiger partial charge in [0.1, 0.15) is 5.82 Å². The third-order valence-electron chi connectivity index (χ3n) is 6.29. The fourth-order valence-electron chi connectivity index (χ4n) is 4.61. The van der Waals surface area contributed by atoms with E-state index in [1.807, 2.05) is 30.3 Å². The molecular formula is C26H24F3N3O2. The van der Waals surface area contributed by atoms with E-state index in [0.29, 0.717) is 49.5 Å². The Morgan fingerprint density at radius 3 is 2.74 bits per heavy atom. The Morgan fingerprint density at radius 2 is 1.94 bits per heavy atom. The molecule has 1 unspecified atom stereocenters. The van der Waals surface area contributed by atoms with Crippen LogP contribution in [0.25, 0.3) is 0 Å². The first kappa shape index (κ1) is 22.4. The Hall–Kier alpha value is -3.39. The number of benzene rings is 2. The molecule has 0 bridgehead atoms. The maximum atomic E-state index is 13.1. The highest BCUT2D eigenvalue weighted by atomic mass is 19.4. The van der Waals surface area contributed by atoms with Gasteiger partial charge >= 0.3 is 6.18 Å². The van der Waals surface area contributed by atoms with Crippen molar-refractivity contribution in [3.63, 3.8) is 0 Å². The van der Waals surface area contributed by atoms with Gasteiger partial charge in [0, 0.05) is 30.6 Å². The van der Waals surface area contributed by atoms with Crippen molar-refractivity contribution in [3.8, 4) is 0 Å². The average Bonchev–Trinajstić information content (AvgIpc) is 3.48. The number of carbonyl (C=O) groups is 1. The summed E-state index contributed by atoms with van der Waals surface area (Å²) in [5.41, 5.74) is 3.37.